The van der Waals surface area contributed by atoms with Crippen molar-refractivity contribution in [2.24, 2.45) is 0 Å². The molecule has 0 aromatic heterocycles. The molecule has 0 saturated carbocycles. The fourth-order valence-electron chi connectivity index (χ4n) is 1.40. The highest BCUT2D eigenvalue weighted by Gasteiger charge is 2.09. The van der Waals surface area contributed by atoms with E-state index in [1.165, 1.54) is 6.07 Å². The number of unbranched alkanes of at least 4 members (excludes halogenated alkanes) is 2. The highest BCUT2D eigenvalue weighted by Crippen LogP contribution is 2.30. The molecule has 0 aliphatic carbocycles. The maximum absolute atomic E-state index is 13.3. The predicted molar refractivity (Wildman–Crippen MR) is 79.5 cm³/mol. The number of hydrogen-bond donors (Lipinski definition) is 3. The minimum atomic E-state index is -0.694. The van der Waals surface area contributed by atoms with E-state index < -0.39 is 11.6 Å². The largest absolute Gasteiger partial charge is 0.503 e. The fraction of sp³-hybridized carbons (Fsp3) is 0.417. The maximum atomic E-state index is 13.3. The molecule has 0 amide bonds. The van der Waals surface area contributed by atoms with Crippen LogP contribution in [0.5, 0.6) is 5.75 Å². The zero-order valence-corrected chi connectivity index (χ0v) is 12.5. The summed E-state index contributed by atoms with van der Waals surface area (Å²) in [4.78, 5) is 0. The number of halogens is 2. The van der Waals surface area contributed by atoms with Crippen molar-refractivity contribution in [1.29, 1.82) is 0 Å². The van der Waals surface area contributed by atoms with Crippen molar-refractivity contribution < 1.29 is 9.50 Å². The topological polar surface area (TPSA) is 44.3 Å². The molecule has 3 N–H and O–H groups in total. The normalized spacial score (nSPS) is 10.2. The molecule has 0 unspecified atom stereocenters. The van der Waals surface area contributed by atoms with Gasteiger partial charge in [0, 0.05) is 11.0 Å². The summed E-state index contributed by atoms with van der Waals surface area (Å²) in [6.07, 6.45) is 3.29. The van der Waals surface area contributed by atoms with E-state index in [1.54, 1.807) is 6.07 Å². The van der Waals surface area contributed by atoms with Gasteiger partial charge in [-0.05, 0) is 30.8 Å². The van der Waals surface area contributed by atoms with Crippen LogP contribution in [0.1, 0.15) is 26.2 Å². The number of anilines is 1. The van der Waals surface area contributed by atoms with Gasteiger partial charge in [0.05, 0.1) is 5.69 Å². The van der Waals surface area contributed by atoms with Crippen LogP contribution in [0.3, 0.4) is 0 Å². The summed E-state index contributed by atoms with van der Waals surface area (Å²) >= 11 is 8.22. The number of phenols is 1. The number of nitrogens with one attached hydrogen (secondary N) is 2. The molecule has 0 radical (unpaired) electrons. The molecule has 0 bridgehead atoms. The smallest absolute Gasteiger partial charge is 0.175 e. The van der Waals surface area contributed by atoms with Gasteiger partial charge in [-0.15, -0.1) is 0 Å². The first-order valence-corrected chi connectivity index (χ1v) is 6.97. The van der Waals surface area contributed by atoms with Crippen LogP contribution in [0.25, 0.3) is 0 Å². The molecule has 0 saturated heterocycles. The van der Waals surface area contributed by atoms with Crippen LogP contribution < -0.4 is 10.6 Å². The van der Waals surface area contributed by atoms with E-state index >= 15 is 0 Å². The number of aromatic hydroxyl groups is 1. The number of thiocarbonyl (C=S) groups is 1. The van der Waals surface area contributed by atoms with Gasteiger partial charge in [0.1, 0.15) is 0 Å². The van der Waals surface area contributed by atoms with E-state index in [4.69, 9.17) is 12.2 Å². The summed E-state index contributed by atoms with van der Waals surface area (Å²) in [5.41, 5.74) is 0.245. The molecule has 0 aliphatic heterocycles. The third kappa shape index (κ3) is 4.78. The second-order valence-corrected chi connectivity index (χ2v) is 5.20. The Bertz CT molecular complexity index is 429. The summed E-state index contributed by atoms with van der Waals surface area (Å²) in [6, 6.07) is 2.76. The van der Waals surface area contributed by atoms with Crippen molar-refractivity contribution in [3.63, 3.8) is 0 Å². The number of phenolic OH excluding ortho intramolecular Hbond substituents is 1. The second kappa shape index (κ2) is 7.53. The van der Waals surface area contributed by atoms with Crippen molar-refractivity contribution in [3.8, 4) is 5.75 Å². The minimum absolute atomic E-state index is 0.245. The average Bonchev–Trinajstić information content (AvgIpc) is 2.31. The Balaban J connectivity index is 2.54. The van der Waals surface area contributed by atoms with Crippen LogP contribution >= 0.6 is 28.1 Å². The van der Waals surface area contributed by atoms with E-state index in [2.05, 4.69) is 33.5 Å². The Kier molecular flexibility index (Phi) is 6.35. The lowest BCUT2D eigenvalue weighted by Crippen LogP contribution is -2.29. The van der Waals surface area contributed by atoms with Gasteiger partial charge < -0.3 is 15.7 Å². The molecule has 3 nitrogen and oxygen atoms in total. The molecule has 6 heteroatoms. The van der Waals surface area contributed by atoms with E-state index in [9.17, 15) is 9.50 Å². The van der Waals surface area contributed by atoms with Crippen LogP contribution in [0.4, 0.5) is 10.1 Å². The number of benzene rings is 1. The molecule has 0 fully saturated rings. The SMILES string of the molecule is CCCCCNC(=S)Nc1cc(Br)cc(F)c1O. The number of rotatable bonds is 5. The van der Waals surface area contributed by atoms with Gasteiger partial charge in [0.2, 0.25) is 0 Å². The molecular weight excluding hydrogens is 319 g/mol. The quantitative estimate of drug-likeness (QED) is 0.435. The van der Waals surface area contributed by atoms with Gasteiger partial charge in [-0.1, -0.05) is 35.7 Å². The Morgan fingerprint density at radius 1 is 1.44 bits per heavy atom. The zero-order valence-electron chi connectivity index (χ0n) is 10.1. The summed E-state index contributed by atoms with van der Waals surface area (Å²) in [7, 11) is 0. The van der Waals surface area contributed by atoms with Crippen molar-refractivity contribution in [3.05, 3.63) is 22.4 Å². The predicted octanol–water partition coefficient (Wildman–Crippen LogP) is 3.77. The summed E-state index contributed by atoms with van der Waals surface area (Å²) in [5, 5.41) is 15.7. The van der Waals surface area contributed by atoms with Crippen LogP contribution in [-0.2, 0) is 0 Å². The summed E-state index contributed by atoms with van der Waals surface area (Å²) < 4.78 is 13.8. The maximum Gasteiger partial charge on any atom is 0.175 e. The molecular formula is C12H16BrFN2OS. The van der Waals surface area contributed by atoms with E-state index in [0.29, 0.717) is 9.59 Å². The van der Waals surface area contributed by atoms with Gasteiger partial charge in [-0.3, -0.25) is 0 Å². The molecule has 0 heterocycles. The Hall–Kier alpha value is -0.880. The van der Waals surface area contributed by atoms with E-state index in [0.717, 1.165) is 25.8 Å². The lowest BCUT2D eigenvalue weighted by atomic mass is 10.2. The summed E-state index contributed by atoms with van der Waals surface area (Å²) in [6.45, 7) is 2.88. The Morgan fingerprint density at radius 3 is 2.83 bits per heavy atom. The first-order valence-electron chi connectivity index (χ1n) is 5.77. The second-order valence-electron chi connectivity index (χ2n) is 3.87. The highest BCUT2D eigenvalue weighted by atomic mass is 79.9. The first kappa shape index (κ1) is 15.2. The molecule has 1 rings (SSSR count). The zero-order chi connectivity index (χ0) is 13.5. The number of hydrogen-bond acceptors (Lipinski definition) is 2. The average molecular weight is 335 g/mol. The monoisotopic (exact) mass is 334 g/mol. The van der Waals surface area contributed by atoms with Gasteiger partial charge in [-0.2, -0.15) is 0 Å². The van der Waals surface area contributed by atoms with Crippen LogP contribution in [-0.4, -0.2) is 16.8 Å². The Morgan fingerprint density at radius 2 is 2.17 bits per heavy atom. The van der Waals surface area contributed by atoms with E-state index in [-0.39, 0.29) is 5.69 Å². The van der Waals surface area contributed by atoms with Gasteiger partial charge >= 0.3 is 0 Å². The summed E-state index contributed by atoms with van der Waals surface area (Å²) in [5.74, 6) is -1.13. The highest BCUT2D eigenvalue weighted by molar-refractivity contribution is 9.10. The molecule has 0 aliphatic rings. The standard InChI is InChI=1S/C12H16BrFN2OS/c1-2-3-4-5-15-12(18)16-10-7-8(13)6-9(14)11(10)17/h6-7,17H,2-5H2,1H3,(H2,15,16,18). The van der Waals surface area contributed by atoms with E-state index in [1.807, 2.05) is 0 Å². The van der Waals surface area contributed by atoms with Crippen molar-refractivity contribution in [1.82, 2.24) is 5.32 Å². The van der Waals surface area contributed by atoms with Crippen LogP contribution in [0.15, 0.2) is 16.6 Å². The molecule has 1 aromatic rings. The molecule has 18 heavy (non-hydrogen) atoms. The molecule has 0 spiro atoms. The van der Waals surface area contributed by atoms with Crippen LogP contribution in [0, 0.1) is 5.82 Å². The fourth-order valence-corrected chi connectivity index (χ4v) is 2.05. The van der Waals surface area contributed by atoms with Crippen molar-refractivity contribution in [2.75, 3.05) is 11.9 Å². The Labute approximate surface area is 120 Å². The minimum Gasteiger partial charge on any atom is -0.503 e. The molecule has 100 valence electrons. The first-order chi connectivity index (χ1) is 8.54. The van der Waals surface area contributed by atoms with Crippen LogP contribution in [0.2, 0.25) is 0 Å². The van der Waals surface area contributed by atoms with Crippen molar-refractivity contribution in [2.45, 2.75) is 26.2 Å². The molecule has 1 aromatic carbocycles. The molecule has 0 atom stereocenters. The van der Waals surface area contributed by atoms with Gasteiger partial charge in [0.15, 0.2) is 16.7 Å². The van der Waals surface area contributed by atoms with Gasteiger partial charge in [0.25, 0.3) is 0 Å². The third-order valence-corrected chi connectivity index (χ3v) is 3.05. The van der Waals surface area contributed by atoms with Gasteiger partial charge in [-0.25, -0.2) is 4.39 Å². The lowest BCUT2D eigenvalue weighted by molar-refractivity contribution is 0.434. The lowest BCUT2D eigenvalue weighted by Gasteiger charge is -2.12. The third-order valence-electron chi connectivity index (χ3n) is 2.34. The van der Waals surface area contributed by atoms with Crippen molar-refractivity contribution >= 4 is 38.9 Å².